The van der Waals surface area contributed by atoms with Crippen LogP contribution < -0.4 is 0 Å². The quantitative estimate of drug-likeness (QED) is 0.673. The Bertz CT molecular complexity index is 799. The van der Waals surface area contributed by atoms with Gasteiger partial charge in [0.2, 0.25) is 0 Å². The van der Waals surface area contributed by atoms with Crippen molar-refractivity contribution in [1.29, 1.82) is 0 Å². The van der Waals surface area contributed by atoms with Crippen molar-refractivity contribution < 1.29 is 19.1 Å². The minimum Gasteiger partial charge on any atom is -0.443 e. The number of rotatable bonds is 0. The summed E-state index contributed by atoms with van der Waals surface area (Å²) in [6.07, 6.45) is 4.52. The second kappa shape index (κ2) is 7.04. The molecular weight excluding hydrogens is 336 g/mol. The predicted octanol–water partition coefficient (Wildman–Crippen LogP) is 3.05. The minimum atomic E-state index is -0.596. The van der Waals surface area contributed by atoms with Crippen molar-refractivity contribution in [2.45, 2.75) is 52.7 Å². The molecule has 0 unspecified atom stereocenters. The molecule has 2 aromatic rings. The van der Waals surface area contributed by atoms with Gasteiger partial charge < -0.3 is 9.47 Å². The zero-order chi connectivity index (χ0) is 19.5. The maximum Gasteiger partial charge on any atom is 0.419 e. The molecule has 0 amide bonds. The van der Waals surface area contributed by atoms with Crippen molar-refractivity contribution >= 4 is 12.2 Å². The van der Waals surface area contributed by atoms with Gasteiger partial charge in [0.1, 0.15) is 35.2 Å². The molecule has 0 atom stereocenters. The largest absolute Gasteiger partial charge is 0.443 e. The number of ether oxygens (including phenoxy) is 2. The van der Waals surface area contributed by atoms with E-state index in [9.17, 15) is 9.59 Å². The number of imidazole rings is 2. The third kappa shape index (κ3) is 5.77. The Labute approximate surface area is 152 Å². The maximum atomic E-state index is 11.9. The highest BCUT2D eigenvalue weighted by molar-refractivity contribution is 5.71. The average molecular weight is 358 g/mol. The summed E-state index contributed by atoms with van der Waals surface area (Å²) in [6.45, 7) is 10.7. The van der Waals surface area contributed by atoms with Crippen LogP contribution in [0.1, 0.15) is 52.9 Å². The summed E-state index contributed by atoms with van der Waals surface area (Å²) in [4.78, 5) is 31.9. The Kier molecular flexibility index (Phi) is 5.21. The molecule has 0 aliphatic carbocycles. The van der Waals surface area contributed by atoms with Gasteiger partial charge >= 0.3 is 12.2 Å². The van der Waals surface area contributed by atoms with Crippen molar-refractivity contribution in [2.75, 3.05) is 0 Å². The molecule has 0 aliphatic heterocycles. The zero-order valence-corrected chi connectivity index (χ0v) is 15.7. The van der Waals surface area contributed by atoms with Crippen LogP contribution in [0.4, 0.5) is 9.59 Å². The van der Waals surface area contributed by atoms with Crippen molar-refractivity contribution in [3.63, 3.8) is 0 Å². The van der Waals surface area contributed by atoms with Gasteiger partial charge in [0.25, 0.3) is 0 Å². The second-order valence-corrected chi connectivity index (χ2v) is 7.54. The Balaban J connectivity index is 2.07. The van der Waals surface area contributed by atoms with E-state index in [4.69, 9.17) is 9.47 Å². The van der Waals surface area contributed by atoms with E-state index >= 15 is 0 Å². The fourth-order valence-corrected chi connectivity index (χ4v) is 1.73. The molecule has 8 nitrogen and oxygen atoms in total. The molecule has 138 valence electrons. The zero-order valence-electron chi connectivity index (χ0n) is 15.7. The van der Waals surface area contributed by atoms with Gasteiger partial charge in [-0.15, -0.1) is 0 Å². The molecule has 0 spiro atoms. The van der Waals surface area contributed by atoms with Crippen molar-refractivity contribution in [3.05, 3.63) is 36.4 Å². The Morgan fingerprint density at radius 1 is 0.808 bits per heavy atom. The molecule has 0 N–H and O–H groups in total. The molecule has 2 aromatic heterocycles. The van der Waals surface area contributed by atoms with E-state index in [1.165, 1.54) is 34.2 Å². The smallest absolute Gasteiger partial charge is 0.419 e. The summed E-state index contributed by atoms with van der Waals surface area (Å²) in [5.41, 5.74) is -0.436. The first-order valence-corrected chi connectivity index (χ1v) is 8.00. The van der Waals surface area contributed by atoms with Gasteiger partial charge in [-0.05, 0) is 53.4 Å². The average Bonchev–Trinajstić information content (AvgIpc) is 3.11. The number of nitrogens with zero attached hydrogens (tertiary/aromatic N) is 4. The highest BCUT2D eigenvalue weighted by atomic mass is 16.6. The van der Waals surface area contributed by atoms with E-state index in [1.807, 2.05) is 0 Å². The SMILES string of the molecule is CC(C)(C)OC(=O)n1cnc(C#Cc2cn(C(=O)OC(C)(C)C)cn2)c1. The lowest BCUT2D eigenvalue weighted by Gasteiger charge is -2.19. The van der Waals surface area contributed by atoms with Gasteiger partial charge in [0.15, 0.2) is 0 Å². The van der Waals surface area contributed by atoms with Crippen LogP contribution in [0.2, 0.25) is 0 Å². The van der Waals surface area contributed by atoms with Crippen LogP contribution in [0.5, 0.6) is 0 Å². The number of aromatic nitrogens is 4. The number of carbonyl (C=O) groups is 2. The van der Waals surface area contributed by atoms with E-state index in [0.717, 1.165) is 0 Å². The first-order chi connectivity index (χ1) is 11.9. The standard InChI is InChI=1S/C18H22N4O4/c1-17(2,3)25-15(23)21-9-13(19-11-21)7-8-14-10-22(12-20-14)16(24)26-18(4,5)6/h9-12H,1-6H3. The molecule has 2 rings (SSSR count). The van der Waals surface area contributed by atoms with E-state index < -0.39 is 23.4 Å². The van der Waals surface area contributed by atoms with Gasteiger partial charge in [0.05, 0.1) is 12.4 Å². The molecule has 0 fully saturated rings. The Morgan fingerprint density at radius 2 is 1.15 bits per heavy atom. The van der Waals surface area contributed by atoms with Crippen molar-refractivity contribution in [2.24, 2.45) is 0 Å². The molecule has 0 saturated heterocycles. The first kappa shape index (κ1) is 19.2. The molecule has 0 aliphatic rings. The summed E-state index contributed by atoms with van der Waals surface area (Å²) >= 11 is 0. The first-order valence-electron chi connectivity index (χ1n) is 8.00. The van der Waals surface area contributed by atoms with Gasteiger partial charge in [0, 0.05) is 0 Å². The third-order valence-corrected chi connectivity index (χ3v) is 2.69. The van der Waals surface area contributed by atoms with E-state index in [2.05, 4.69) is 21.8 Å². The van der Waals surface area contributed by atoms with Crippen LogP contribution in [0, 0.1) is 11.8 Å². The lowest BCUT2D eigenvalue weighted by molar-refractivity contribution is 0.0525. The number of carbonyl (C=O) groups excluding carboxylic acids is 2. The predicted molar refractivity (Wildman–Crippen MR) is 93.7 cm³/mol. The lowest BCUT2D eigenvalue weighted by atomic mass is 10.2. The van der Waals surface area contributed by atoms with Crippen LogP contribution in [0.25, 0.3) is 0 Å². The Morgan fingerprint density at radius 3 is 1.46 bits per heavy atom. The van der Waals surface area contributed by atoms with Gasteiger partial charge in [-0.3, -0.25) is 0 Å². The Hall–Kier alpha value is -3.08. The van der Waals surface area contributed by atoms with Crippen LogP contribution in [-0.2, 0) is 9.47 Å². The number of hydrogen-bond donors (Lipinski definition) is 0. The normalized spacial score (nSPS) is 11.5. The lowest BCUT2D eigenvalue weighted by Crippen LogP contribution is -2.26. The van der Waals surface area contributed by atoms with Crippen LogP contribution in [0.3, 0.4) is 0 Å². The fourth-order valence-electron chi connectivity index (χ4n) is 1.73. The summed E-state index contributed by atoms with van der Waals surface area (Å²) < 4.78 is 12.9. The maximum absolute atomic E-state index is 11.9. The minimum absolute atomic E-state index is 0.377. The fraction of sp³-hybridized carbons (Fsp3) is 0.444. The van der Waals surface area contributed by atoms with E-state index in [0.29, 0.717) is 11.4 Å². The molecule has 26 heavy (non-hydrogen) atoms. The summed E-state index contributed by atoms with van der Waals surface area (Å²) in [5.74, 6) is 5.56. The third-order valence-electron chi connectivity index (χ3n) is 2.69. The molecule has 8 heteroatoms. The molecule has 0 aromatic carbocycles. The van der Waals surface area contributed by atoms with Crippen LogP contribution in [0.15, 0.2) is 25.0 Å². The molecular formula is C18H22N4O4. The van der Waals surface area contributed by atoms with Crippen LogP contribution in [-0.4, -0.2) is 42.5 Å². The molecule has 0 radical (unpaired) electrons. The molecule has 0 saturated carbocycles. The topological polar surface area (TPSA) is 88.2 Å². The highest BCUT2D eigenvalue weighted by Crippen LogP contribution is 2.10. The van der Waals surface area contributed by atoms with E-state index in [-0.39, 0.29) is 0 Å². The van der Waals surface area contributed by atoms with Gasteiger partial charge in [-0.2, -0.15) is 0 Å². The van der Waals surface area contributed by atoms with E-state index in [1.54, 1.807) is 41.5 Å². The summed E-state index contributed by atoms with van der Waals surface area (Å²) in [7, 11) is 0. The van der Waals surface area contributed by atoms with Crippen LogP contribution >= 0.6 is 0 Å². The van der Waals surface area contributed by atoms with Crippen molar-refractivity contribution in [3.8, 4) is 11.8 Å². The molecule has 0 bridgehead atoms. The number of hydrogen-bond acceptors (Lipinski definition) is 6. The monoisotopic (exact) mass is 358 g/mol. The van der Waals surface area contributed by atoms with Gasteiger partial charge in [-0.1, -0.05) is 0 Å². The summed E-state index contributed by atoms with van der Waals surface area (Å²) in [5, 5.41) is 0. The summed E-state index contributed by atoms with van der Waals surface area (Å²) in [6, 6.07) is 0. The molecule has 2 heterocycles. The second-order valence-electron chi connectivity index (χ2n) is 7.54. The highest BCUT2D eigenvalue weighted by Gasteiger charge is 2.18. The van der Waals surface area contributed by atoms with Gasteiger partial charge in [-0.25, -0.2) is 28.7 Å². The van der Waals surface area contributed by atoms with Crippen molar-refractivity contribution in [1.82, 2.24) is 19.1 Å².